The fraction of sp³-hybridized carbons (Fsp3) is 0.400. The Balaban J connectivity index is 1.69. The minimum absolute atomic E-state index is 0.0556. The second kappa shape index (κ2) is 6.03. The Hall–Kier alpha value is -2.24. The van der Waals surface area contributed by atoms with Gasteiger partial charge in [0.1, 0.15) is 5.82 Å². The van der Waals surface area contributed by atoms with Crippen LogP contribution in [-0.4, -0.2) is 22.1 Å². The molecule has 0 atom stereocenters. The van der Waals surface area contributed by atoms with Gasteiger partial charge >= 0.3 is 11.8 Å². The molecule has 2 aromatic rings. The maximum atomic E-state index is 12.9. The van der Waals surface area contributed by atoms with Gasteiger partial charge < -0.3 is 9.73 Å². The van der Waals surface area contributed by atoms with Crippen LogP contribution in [-0.2, 0) is 0 Å². The number of benzene rings is 1. The van der Waals surface area contributed by atoms with Crippen LogP contribution in [0.2, 0.25) is 0 Å². The third-order valence-corrected chi connectivity index (χ3v) is 3.65. The molecule has 1 aliphatic carbocycles. The zero-order chi connectivity index (χ0) is 14.7. The first-order chi connectivity index (χ1) is 10.2. The fourth-order valence-corrected chi connectivity index (χ4v) is 2.52. The van der Waals surface area contributed by atoms with E-state index >= 15 is 0 Å². The van der Waals surface area contributed by atoms with Crippen LogP contribution in [0.15, 0.2) is 28.7 Å². The number of carbonyl (C=O) groups excluding carboxylic acids is 1. The summed E-state index contributed by atoms with van der Waals surface area (Å²) in [6.45, 7) is 0. The zero-order valence-electron chi connectivity index (χ0n) is 11.5. The van der Waals surface area contributed by atoms with E-state index in [1.807, 2.05) is 0 Å². The van der Waals surface area contributed by atoms with Crippen molar-refractivity contribution in [3.05, 3.63) is 36.0 Å². The van der Waals surface area contributed by atoms with Gasteiger partial charge in [0.15, 0.2) is 0 Å². The van der Waals surface area contributed by atoms with Crippen LogP contribution in [0.1, 0.15) is 42.8 Å². The van der Waals surface area contributed by atoms with Gasteiger partial charge in [-0.2, -0.15) is 0 Å². The molecule has 1 saturated carbocycles. The van der Waals surface area contributed by atoms with E-state index < -0.39 is 0 Å². The molecule has 1 aromatic heterocycles. The molecular formula is C15H16FN3O2. The van der Waals surface area contributed by atoms with Crippen LogP contribution < -0.4 is 5.32 Å². The summed E-state index contributed by atoms with van der Waals surface area (Å²) in [6.07, 6.45) is 5.47. The predicted molar refractivity (Wildman–Crippen MR) is 74.0 cm³/mol. The molecule has 5 nitrogen and oxygen atoms in total. The van der Waals surface area contributed by atoms with E-state index in [2.05, 4.69) is 15.5 Å². The number of carbonyl (C=O) groups is 1. The molecule has 0 saturated heterocycles. The van der Waals surface area contributed by atoms with Crippen molar-refractivity contribution < 1.29 is 13.6 Å². The summed E-state index contributed by atoms with van der Waals surface area (Å²) in [5.41, 5.74) is 0.584. The van der Waals surface area contributed by atoms with Crippen molar-refractivity contribution in [2.75, 3.05) is 0 Å². The van der Waals surface area contributed by atoms with Crippen LogP contribution in [0.3, 0.4) is 0 Å². The lowest BCUT2D eigenvalue weighted by Gasteiger charge is -2.21. The molecule has 1 aliphatic rings. The molecule has 21 heavy (non-hydrogen) atoms. The number of aromatic nitrogens is 2. The summed E-state index contributed by atoms with van der Waals surface area (Å²) in [5.74, 6) is -0.528. The molecule has 0 bridgehead atoms. The first-order valence-electron chi connectivity index (χ1n) is 7.13. The van der Waals surface area contributed by atoms with Crippen molar-refractivity contribution >= 4 is 5.91 Å². The van der Waals surface area contributed by atoms with Gasteiger partial charge in [-0.05, 0) is 37.1 Å². The van der Waals surface area contributed by atoms with Gasteiger partial charge in [-0.3, -0.25) is 4.79 Å². The molecule has 0 aliphatic heterocycles. The van der Waals surface area contributed by atoms with E-state index in [-0.39, 0.29) is 29.5 Å². The van der Waals surface area contributed by atoms with Gasteiger partial charge in [0.25, 0.3) is 0 Å². The van der Waals surface area contributed by atoms with Gasteiger partial charge in [-0.15, -0.1) is 10.2 Å². The van der Waals surface area contributed by atoms with Gasteiger partial charge in [0.05, 0.1) is 0 Å². The molecule has 1 N–H and O–H groups in total. The Kier molecular flexibility index (Phi) is 3.94. The standard InChI is InChI=1S/C15H16FN3O2/c16-11-8-6-10(7-9-11)14-18-19-15(21-14)13(20)17-12-4-2-1-3-5-12/h6-9,12H,1-5H2,(H,17,20). The zero-order valence-corrected chi connectivity index (χ0v) is 11.5. The van der Waals surface area contributed by atoms with Crippen molar-refractivity contribution in [1.82, 2.24) is 15.5 Å². The molecule has 1 aromatic carbocycles. The molecule has 3 rings (SSSR count). The Morgan fingerprint density at radius 1 is 1.14 bits per heavy atom. The summed E-state index contributed by atoms with van der Waals surface area (Å²) in [5, 5.41) is 10.5. The molecule has 1 heterocycles. The lowest BCUT2D eigenvalue weighted by Crippen LogP contribution is -2.36. The third-order valence-electron chi connectivity index (χ3n) is 3.65. The quantitative estimate of drug-likeness (QED) is 0.943. The van der Waals surface area contributed by atoms with Crippen molar-refractivity contribution in [2.24, 2.45) is 0 Å². The van der Waals surface area contributed by atoms with E-state index in [4.69, 9.17) is 4.42 Å². The molecule has 6 heteroatoms. The summed E-state index contributed by atoms with van der Waals surface area (Å²) in [7, 11) is 0. The highest BCUT2D eigenvalue weighted by Crippen LogP contribution is 2.20. The lowest BCUT2D eigenvalue weighted by molar-refractivity contribution is 0.0893. The minimum Gasteiger partial charge on any atom is -0.412 e. The van der Waals surface area contributed by atoms with Crippen molar-refractivity contribution in [3.8, 4) is 11.5 Å². The van der Waals surface area contributed by atoms with Crippen molar-refractivity contribution in [2.45, 2.75) is 38.1 Å². The van der Waals surface area contributed by atoms with Crippen molar-refractivity contribution in [3.63, 3.8) is 0 Å². The summed E-state index contributed by atoms with van der Waals surface area (Å²) >= 11 is 0. The Morgan fingerprint density at radius 2 is 1.86 bits per heavy atom. The molecule has 1 amide bonds. The number of amides is 1. The number of hydrogen-bond donors (Lipinski definition) is 1. The smallest absolute Gasteiger partial charge is 0.309 e. The molecular weight excluding hydrogens is 273 g/mol. The second-order valence-corrected chi connectivity index (χ2v) is 5.23. The number of nitrogens with zero attached hydrogens (tertiary/aromatic N) is 2. The van der Waals surface area contributed by atoms with Gasteiger partial charge in [-0.1, -0.05) is 19.3 Å². The van der Waals surface area contributed by atoms with E-state index in [0.717, 1.165) is 25.7 Å². The monoisotopic (exact) mass is 289 g/mol. The number of nitrogens with one attached hydrogen (secondary N) is 1. The van der Waals surface area contributed by atoms with E-state index in [0.29, 0.717) is 5.56 Å². The van der Waals surface area contributed by atoms with Crippen LogP contribution in [0, 0.1) is 5.82 Å². The molecule has 0 radical (unpaired) electrons. The highest BCUT2D eigenvalue weighted by Gasteiger charge is 2.21. The Labute approximate surface area is 121 Å². The van der Waals surface area contributed by atoms with Crippen molar-refractivity contribution in [1.29, 1.82) is 0 Å². The average molecular weight is 289 g/mol. The first-order valence-corrected chi connectivity index (χ1v) is 7.13. The topological polar surface area (TPSA) is 68.0 Å². The second-order valence-electron chi connectivity index (χ2n) is 5.23. The van der Waals surface area contributed by atoms with E-state index in [1.54, 1.807) is 0 Å². The molecule has 0 unspecified atom stereocenters. The number of rotatable bonds is 3. The van der Waals surface area contributed by atoms with Crippen LogP contribution in [0.25, 0.3) is 11.5 Å². The van der Waals surface area contributed by atoms with Gasteiger partial charge in [-0.25, -0.2) is 4.39 Å². The van der Waals surface area contributed by atoms with Gasteiger partial charge in [0, 0.05) is 11.6 Å². The minimum atomic E-state index is -0.345. The Morgan fingerprint density at radius 3 is 2.57 bits per heavy atom. The fourth-order valence-electron chi connectivity index (χ4n) is 2.52. The van der Waals surface area contributed by atoms with Crippen LogP contribution in [0.4, 0.5) is 4.39 Å². The van der Waals surface area contributed by atoms with Crippen LogP contribution in [0.5, 0.6) is 0 Å². The summed E-state index contributed by atoms with van der Waals surface area (Å²) in [6, 6.07) is 5.87. The van der Waals surface area contributed by atoms with E-state index in [1.165, 1.54) is 30.7 Å². The lowest BCUT2D eigenvalue weighted by atomic mass is 9.95. The number of halogens is 1. The third kappa shape index (κ3) is 3.26. The number of hydrogen-bond acceptors (Lipinski definition) is 4. The summed E-state index contributed by atoms with van der Waals surface area (Å²) in [4.78, 5) is 12.0. The highest BCUT2D eigenvalue weighted by atomic mass is 19.1. The highest BCUT2D eigenvalue weighted by molar-refractivity contribution is 5.89. The Bertz CT molecular complexity index is 618. The molecule has 0 spiro atoms. The maximum Gasteiger partial charge on any atom is 0.309 e. The predicted octanol–water partition coefficient (Wildman–Crippen LogP) is 2.94. The molecule has 1 fully saturated rings. The first kappa shape index (κ1) is 13.7. The summed E-state index contributed by atoms with van der Waals surface area (Å²) < 4.78 is 18.2. The normalized spacial score (nSPS) is 15.9. The van der Waals surface area contributed by atoms with Gasteiger partial charge in [0.2, 0.25) is 5.89 Å². The van der Waals surface area contributed by atoms with E-state index in [9.17, 15) is 9.18 Å². The maximum absolute atomic E-state index is 12.9. The SMILES string of the molecule is O=C(NC1CCCCC1)c1nnc(-c2ccc(F)cc2)o1. The molecule has 110 valence electrons. The average Bonchev–Trinajstić information content (AvgIpc) is 2.99. The van der Waals surface area contributed by atoms with Crippen LogP contribution >= 0.6 is 0 Å². The largest absolute Gasteiger partial charge is 0.412 e.